The van der Waals surface area contributed by atoms with Crippen LogP contribution < -0.4 is 0 Å². The molecule has 0 aliphatic carbocycles. The van der Waals surface area contributed by atoms with Gasteiger partial charge in [-0.05, 0) is 20.3 Å². The summed E-state index contributed by atoms with van der Waals surface area (Å²) in [7, 11) is 0. The van der Waals surface area contributed by atoms with Crippen LogP contribution in [0, 0.1) is 5.41 Å². The molecule has 0 unspecified atom stereocenters. The minimum Gasteiger partial charge on any atom is -0.350 e. The fourth-order valence-electron chi connectivity index (χ4n) is 1.68. The molecule has 0 aromatic carbocycles. The maximum Gasteiger partial charge on any atom is 0.172 e. The lowest BCUT2D eigenvalue weighted by Crippen LogP contribution is -2.47. The highest BCUT2D eigenvalue weighted by atomic mass is 16.7. The fraction of sp³-hybridized carbons (Fsp3) is 1.00. The SMILES string of the molecule is CCOC(CC)(OCC)C(C)(C)C. The summed E-state index contributed by atoms with van der Waals surface area (Å²) in [4.78, 5) is 0. The predicted octanol–water partition coefficient (Wildman–Crippen LogP) is 3.21. The minimum absolute atomic E-state index is 0.0216. The molecule has 0 radical (unpaired) electrons. The molecule has 0 aromatic heterocycles. The maximum atomic E-state index is 5.76. The normalized spacial score (nSPS) is 13.4. The third kappa shape index (κ3) is 2.96. The molecule has 0 amide bonds. The van der Waals surface area contributed by atoms with E-state index < -0.39 is 5.79 Å². The van der Waals surface area contributed by atoms with Crippen LogP contribution in [-0.4, -0.2) is 19.0 Å². The Kier molecular flexibility index (Phi) is 4.93. The average Bonchev–Trinajstić information content (AvgIpc) is 2.02. The quantitative estimate of drug-likeness (QED) is 0.617. The fourth-order valence-corrected chi connectivity index (χ4v) is 1.68. The van der Waals surface area contributed by atoms with Crippen molar-refractivity contribution in [2.75, 3.05) is 13.2 Å². The molecule has 0 atom stereocenters. The number of ether oxygens (including phenoxy) is 2. The molecule has 0 aromatic rings. The van der Waals surface area contributed by atoms with Gasteiger partial charge in [-0.3, -0.25) is 0 Å². The molecule has 0 rings (SSSR count). The highest BCUT2D eigenvalue weighted by Gasteiger charge is 2.42. The maximum absolute atomic E-state index is 5.76. The summed E-state index contributed by atoms with van der Waals surface area (Å²) in [5.74, 6) is -0.420. The van der Waals surface area contributed by atoms with Crippen LogP contribution in [0.1, 0.15) is 48.0 Å². The highest BCUT2D eigenvalue weighted by Crippen LogP contribution is 2.37. The summed E-state index contributed by atoms with van der Waals surface area (Å²) in [5.41, 5.74) is 0.0216. The number of rotatable bonds is 5. The molecule has 2 heteroatoms. The van der Waals surface area contributed by atoms with Crippen molar-refractivity contribution in [1.82, 2.24) is 0 Å². The van der Waals surface area contributed by atoms with Crippen molar-refractivity contribution in [3.05, 3.63) is 0 Å². The molecule has 2 nitrogen and oxygen atoms in total. The zero-order valence-electron chi connectivity index (χ0n) is 9.94. The van der Waals surface area contributed by atoms with Gasteiger partial charge in [-0.2, -0.15) is 0 Å². The third-order valence-corrected chi connectivity index (χ3v) is 2.36. The van der Waals surface area contributed by atoms with Crippen LogP contribution in [0.5, 0.6) is 0 Å². The lowest BCUT2D eigenvalue weighted by molar-refractivity contribution is -0.286. The Balaban J connectivity index is 4.64. The van der Waals surface area contributed by atoms with E-state index >= 15 is 0 Å². The number of hydrogen-bond acceptors (Lipinski definition) is 2. The van der Waals surface area contributed by atoms with Crippen molar-refractivity contribution in [2.24, 2.45) is 5.41 Å². The first-order valence-corrected chi connectivity index (χ1v) is 5.21. The van der Waals surface area contributed by atoms with Crippen LogP contribution in [0.3, 0.4) is 0 Å². The van der Waals surface area contributed by atoms with Crippen molar-refractivity contribution < 1.29 is 9.47 Å². The van der Waals surface area contributed by atoms with Gasteiger partial charge in [0.25, 0.3) is 0 Å². The monoisotopic (exact) mass is 188 g/mol. The summed E-state index contributed by atoms with van der Waals surface area (Å²) >= 11 is 0. The first kappa shape index (κ1) is 12.9. The van der Waals surface area contributed by atoms with Gasteiger partial charge in [0.05, 0.1) is 0 Å². The van der Waals surface area contributed by atoms with E-state index in [0.717, 1.165) is 6.42 Å². The lowest BCUT2D eigenvalue weighted by atomic mass is 9.83. The topological polar surface area (TPSA) is 18.5 Å². The van der Waals surface area contributed by atoms with Gasteiger partial charge in [-0.15, -0.1) is 0 Å². The molecule has 0 saturated carbocycles. The Bertz CT molecular complexity index is 130. The summed E-state index contributed by atoms with van der Waals surface area (Å²) in [6.07, 6.45) is 0.887. The van der Waals surface area contributed by atoms with E-state index in [1.165, 1.54) is 0 Å². The van der Waals surface area contributed by atoms with Gasteiger partial charge in [-0.1, -0.05) is 27.7 Å². The summed E-state index contributed by atoms with van der Waals surface area (Å²) in [5, 5.41) is 0. The van der Waals surface area contributed by atoms with Gasteiger partial charge in [0.2, 0.25) is 0 Å². The van der Waals surface area contributed by atoms with Gasteiger partial charge in [0.1, 0.15) is 0 Å². The first-order valence-electron chi connectivity index (χ1n) is 5.21. The molecule has 0 aliphatic heterocycles. The molecule has 0 fully saturated rings. The Labute approximate surface area is 82.6 Å². The highest BCUT2D eigenvalue weighted by molar-refractivity contribution is 4.82. The molecule has 0 N–H and O–H groups in total. The van der Waals surface area contributed by atoms with Crippen molar-refractivity contribution >= 4 is 0 Å². The summed E-state index contributed by atoms with van der Waals surface area (Å²) in [6, 6.07) is 0. The molecule has 0 saturated heterocycles. The molecule has 13 heavy (non-hydrogen) atoms. The van der Waals surface area contributed by atoms with Gasteiger partial charge in [-0.25, -0.2) is 0 Å². The van der Waals surface area contributed by atoms with Gasteiger partial charge < -0.3 is 9.47 Å². The second-order valence-electron chi connectivity index (χ2n) is 4.22. The van der Waals surface area contributed by atoms with Gasteiger partial charge in [0.15, 0.2) is 5.79 Å². The van der Waals surface area contributed by atoms with Crippen molar-refractivity contribution in [3.63, 3.8) is 0 Å². The molecule has 0 bridgehead atoms. The van der Waals surface area contributed by atoms with E-state index in [4.69, 9.17) is 9.47 Å². The third-order valence-electron chi connectivity index (χ3n) is 2.36. The molecule has 0 heterocycles. The molecule has 80 valence electrons. The van der Waals surface area contributed by atoms with Crippen LogP contribution in [0.4, 0.5) is 0 Å². The predicted molar refractivity (Wildman–Crippen MR) is 55.7 cm³/mol. The average molecular weight is 188 g/mol. The van der Waals surface area contributed by atoms with Crippen LogP contribution in [0.2, 0.25) is 0 Å². The first-order chi connectivity index (χ1) is 5.93. The largest absolute Gasteiger partial charge is 0.350 e. The van der Waals surface area contributed by atoms with Crippen molar-refractivity contribution in [3.8, 4) is 0 Å². The molecule has 0 aliphatic rings. The van der Waals surface area contributed by atoms with E-state index in [-0.39, 0.29) is 5.41 Å². The Hall–Kier alpha value is -0.0800. The molecular weight excluding hydrogens is 164 g/mol. The van der Waals surface area contributed by atoms with Crippen LogP contribution in [0.25, 0.3) is 0 Å². The lowest BCUT2D eigenvalue weighted by Gasteiger charge is -2.43. The van der Waals surface area contributed by atoms with E-state index in [1.807, 2.05) is 13.8 Å². The minimum atomic E-state index is -0.420. The number of hydrogen-bond donors (Lipinski definition) is 0. The van der Waals surface area contributed by atoms with Crippen LogP contribution >= 0.6 is 0 Å². The zero-order chi connectivity index (χ0) is 10.5. The molecule has 0 spiro atoms. The second kappa shape index (κ2) is 4.97. The zero-order valence-corrected chi connectivity index (χ0v) is 9.94. The van der Waals surface area contributed by atoms with Crippen LogP contribution in [0.15, 0.2) is 0 Å². The van der Waals surface area contributed by atoms with E-state index in [9.17, 15) is 0 Å². The smallest absolute Gasteiger partial charge is 0.172 e. The molecular formula is C11H24O2. The standard InChI is InChI=1S/C11H24O2/c1-7-11(12-8-2,13-9-3)10(4,5)6/h7-9H2,1-6H3. The van der Waals surface area contributed by atoms with Crippen LogP contribution in [-0.2, 0) is 9.47 Å². The van der Waals surface area contributed by atoms with E-state index in [0.29, 0.717) is 13.2 Å². The van der Waals surface area contributed by atoms with Crippen molar-refractivity contribution in [2.45, 2.75) is 53.8 Å². The summed E-state index contributed by atoms with van der Waals surface area (Å²) in [6.45, 7) is 14.0. The summed E-state index contributed by atoms with van der Waals surface area (Å²) < 4.78 is 11.5. The van der Waals surface area contributed by atoms with Gasteiger partial charge in [0, 0.05) is 18.6 Å². The Morgan fingerprint density at radius 3 is 1.38 bits per heavy atom. The Morgan fingerprint density at radius 1 is 0.846 bits per heavy atom. The van der Waals surface area contributed by atoms with Crippen molar-refractivity contribution in [1.29, 1.82) is 0 Å². The Morgan fingerprint density at radius 2 is 1.23 bits per heavy atom. The van der Waals surface area contributed by atoms with Gasteiger partial charge >= 0.3 is 0 Å². The van der Waals surface area contributed by atoms with E-state index in [2.05, 4.69) is 27.7 Å². The second-order valence-corrected chi connectivity index (χ2v) is 4.22. The van der Waals surface area contributed by atoms with E-state index in [1.54, 1.807) is 0 Å².